The smallest absolute Gasteiger partial charge is 0.0658 e. The molecule has 0 spiro atoms. The molecular weight excluding hydrogens is 192 g/mol. The standard InChI is InChI=1S/C12H24OS/c1-10(2)6-5-7-11(13)12-8-3-4-9-14-12/h10-13H,3-9H2,1-2H3. The van der Waals surface area contributed by atoms with Crippen LogP contribution in [0.4, 0.5) is 0 Å². The molecule has 0 bridgehead atoms. The molecule has 0 amide bonds. The minimum Gasteiger partial charge on any atom is -0.392 e. The highest BCUT2D eigenvalue weighted by Gasteiger charge is 2.21. The molecule has 1 saturated heterocycles. The van der Waals surface area contributed by atoms with Crippen molar-refractivity contribution in [1.82, 2.24) is 0 Å². The summed E-state index contributed by atoms with van der Waals surface area (Å²) in [6.45, 7) is 4.50. The van der Waals surface area contributed by atoms with Crippen LogP contribution >= 0.6 is 11.8 Å². The summed E-state index contributed by atoms with van der Waals surface area (Å²) < 4.78 is 0. The molecule has 1 nitrogen and oxygen atoms in total. The van der Waals surface area contributed by atoms with E-state index >= 15 is 0 Å². The quantitative estimate of drug-likeness (QED) is 0.759. The Morgan fingerprint density at radius 2 is 2.07 bits per heavy atom. The molecular formula is C12H24OS. The summed E-state index contributed by atoms with van der Waals surface area (Å²) in [5.41, 5.74) is 0. The molecule has 0 saturated carbocycles. The molecule has 0 radical (unpaired) electrons. The maximum absolute atomic E-state index is 9.97. The third-order valence-corrected chi connectivity index (χ3v) is 4.43. The van der Waals surface area contributed by atoms with Gasteiger partial charge in [0.15, 0.2) is 0 Å². The predicted octanol–water partition coefficient (Wildman–Crippen LogP) is 3.46. The van der Waals surface area contributed by atoms with Gasteiger partial charge in [0.05, 0.1) is 6.10 Å². The van der Waals surface area contributed by atoms with Crippen molar-refractivity contribution in [3.8, 4) is 0 Å². The first-order valence-corrected chi connectivity index (χ1v) is 7.04. The molecule has 1 N–H and O–H groups in total. The molecule has 0 aromatic rings. The fourth-order valence-electron chi connectivity index (χ4n) is 1.99. The van der Waals surface area contributed by atoms with Gasteiger partial charge < -0.3 is 5.11 Å². The van der Waals surface area contributed by atoms with E-state index in [4.69, 9.17) is 0 Å². The van der Waals surface area contributed by atoms with Crippen LogP contribution < -0.4 is 0 Å². The Hall–Kier alpha value is 0.310. The van der Waals surface area contributed by atoms with E-state index in [-0.39, 0.29) is 6.10 Å². The minimum absolute atomic E-state index is 0.0425. The lowest BCUT2D eigenvalue weighted by Crippen LogP contribution is -2.25. The first kappa shape index (κ1) is 12.4. The summed E-state index contributed by atoms with van der Waals surface area (Å²) in [6, 6.07) is 0. The average Bonchev–Trinajstić information content (AvgIpc) is 2.18. The van der Waals surface area contributed by atoms with Gasteiger partial charge in [-0.15, -0.1) is 0 Å². The summed E-state index contributed by atoms with van der Waals surface area (Å²) in [4.78, 5) is 0. The van der Waals surface area contributed by atoms with Gasteiger partial charge in [-0.25, -0.2) is 0 Å². The molecule has 2 atom stereocenters. The van der Waals surface area contributed by atoms with Crippen molar-refractivity contribution in [2.24, 2.45) is 5.92 Å². The molecule has 1 aliphatic heterocycles. The van der Waals surface area contributed by atoms with Crippen molar-refractivity contribution in [2.75, 3.05) is 5.75 Å². The molecule has 1 heterocycles. The van der Waals surface area contributed by atoms with Crippen molar-refractivity contribution < 1.29 is 5.11 Å². The van der Waals surface area contributed by atoms with E-state index < -0.39 is 0 Å². The Balaban J connectivity index is 2.10. The normalized spacial score (nSPS) is 25.3. The van der Waals surface area contributed by atoms with Gasteiger partial charge in [0.25, 0.3) is 0 Å². The van der Waals surface area contributed by atoms with Crippen molar-refractivity contribution in [3.63, 3.8) is 0 Å². The van der Waals surface area contributed by atoms with E-state index in [2.05, 4.69) is 13.8 Å². The fourth-order valence-corrected chi connectivity index (χ4v) is 3.36. The van der Waals surface area contributed by atoms with Crippen LogP contribution in [0.2, 0.25) is 0 Å². The number of aliphatic hydroxyl groups is 1. The van der Waals surface area contributed by atoms with Crippen molar-refractivity contribution in [1.29, 1.82) is 0 Å². The third-order valence-electron chi connectivity index (χ3n) is 2.93. The van der Waals surface area contributed by atoms with Crippen LogP contribution in [0.1, 0.15) is 52.4 Å². The molecule has 1 fully saturated rings. The van der Waals surface area contributed by atoms with Crippen LogP contribution in [-0.2, 0) is 0 Å². The van der Waals surface area contributed by atoms with Crippen LogP contribution in [-0.4, -0.2) is 22.2 Å². The molecule has 0 aromatic heterocycles. The van der Waals surface area contributed by atoms with E-state index in [1.165, 1.54) is 37.9 Å². The van der Waals surface area contributed by atoms with Gasteiger partial charge in [-0.2, -0.15) is 11.8 Å². The Kier molecular flexibility index (Phi) is 5.95. The maximum atomic E-state index is 9.97. The van der Waals surface area contributed by atoms with Crippen molar-refractivity contribution in [2.45, 2.75) is 63.7 Å². The second-order valence-corrected chi connectivity index (χ2v) is 6.14. The van der Waals surface area contributed by atoms with Crippen LogP contribution in [0.15, 0.2) is 0 Å². The van der Waals surface area contributed by atoms with Gasteiger partial charge in [-0.05, 0) is 30.9 Å². The van der Waals surface area contributed by atoms with Gasteiger partial charge in [0.2, 0.25) is 0 Å². The number of thioether (sulfide) groups is 1. The summed E-state index contributed by atoms with van der Waals surface area (Å²) in [5, 5.41) is 10.5. The second kappa shape index (κ2) is 6.73. The molecule has 1 rings (SSSR count). The molecule has 84 valence electrons. The summed E-state index contributed by atoms with van der Waals surface area (Å²) >= 11 is 1.98. The number of aliphatic hydroxyl groups excluding tert-OH is 1. The van der Waals surface area contributed by atoms with E-state index in [0.717, 1.165) is 12.3 Å². The van der Waals surface area contributed by atoms with E-state index in [1.807, 2.05) is 11.8 Å². The molecule has 2 unspecified atom stereocenters. The molecule has 0 aromatic carbocycles. The van der Waals surface area contributed by atoms with Crippen LogP contribution in [0, 0.1) is 5.92 Å². The first-order valence-electron chi connectivity index (χ1n) is 6.00. The Morgan fingerprint density at radius 1 is 1.29 bits per heavy atom. The maximum Gasteiger partial charge on any atom is 0.0658 e. The van der Waals surface area contributed by atoms with Gasteiger partial charge in [0, 0.05) is 5.25 Å². The molecule has 2 heteroatoms. The minimum atomic E-state index is -0.0425. The zero-order valence-corrected chi connectivity index (χ0v) is 10.4. The second-order valence-electron chi connectivity index (χ2n) is 4.80. The summed E-state index contributed by atoms with van der Waals surface area (Å²) in [5.74, 6) is 2.03. The van der Waals surface area contributed by atoms with Crippen molar-refractivity contribution in [3.05, 3.63) is 0 Å². The predicted molar refractivity (Wildman–Crippen MR) is 64.8 cm³/mol. The lowest BCUT2D eigenvalue weighted by atomic mass is 10.0. The van der Waals surface area contributed by atoms with Gasteiger partial charge >= 0.3 is 0 Å². The SMILES string of the molecule is CC(C)CCCC(O)C1CCCCS1. The zero-order chi connectivity index (χ0) is 10.4. The van der Waals surface area contributed by atoms with Crippen LogP contribution in [0.5, 0.6) is 0 Å². The van der Waals surface area contributed by atoms with Crippen LogP contribution in [0.25, 0.3) is 0 Å². The Labute approximate surface area is 92.7 Å². The summed E-state index contributed by atoms with van der Waals surface area (Å²) in [6.07, 6.45) is 7.31. The number of hydrogen-bond donors (Lipinski definition) is 1. The summed E-state index contributed by atoms with van der Waals surface area (Å²) in [7, 11) is 0. The highest BCUT2D eigenvalue weighted by Crippen LogP contribution is 2.29. The lowest BCUT2D eigenvalue weighted by Gasteiger charge is -2.26. The highest BCUT2D eigenvalue weighted by atomic mass is 32.2. The van der Waals surface area contributed by atoms with Crippen LogP contribution in [0.3, 0.4) is 0 Å². The monoisotopic (exact) mass is 216 g/mol. The average molecular weight is 216 g/mol. The Morgan fingerprint density at radius 3 is 2.64 bits per heavy atom. The number of hydrogen-bond acceptors (Lipinski definition) is 2. The Bertz CT molecular complexity index is 141. The molecule has 1 aliphatic rings. The highest BCUT2D eigenvalue weighted by molar-refractivity contribution is 8.00. The first-order chi connectivity index (χ1) is 6.70. The van der Waals surface area contributed by atoms with E-state index in [0.29, 0.717) is 5.25 Å². The topological polar surface area (TPSA) is 20.2 Å². The zero-order valence-electron chi connectivity index (χ0n) is 9.54. The molecule has 0 aliphatic carbocycles. The molecule has 14 heavy (non-hydrogen) atoms. The van der Waals surface area contributed by atoms with E-state index in [9.17, 15) is 5.11 Å². The number of rotatable bonds is 5. The van der Waals surface area contributed by atoms with Gasteiger partial charge in [-0.3, -0.25) is 0 Å². The third kappa shape index (κ3) is 4.70. The largest absolute Gasteiger partial charge is 0.392 e. The van der Waals surface area contributed by atoms with E-state index in [1.54, 1.807) is 0 Å². The van der Waals surface area contributed by atoms with Crippen molar-refractivity contribution >= 4 is 11.8 Å². The fraction of sp³-hybridized carbons (Fsp3) is 1.00. The lowest BCUT2D eigenvalue weighted by molar-refractivity contribution is 0.151. The van der Waals surface area contributed by atoms with Gasteiger partial charge in [0.1, 0.15) is 0 Å². The van der Waals surface area contributed by atoms with Gasteiger partial charge in [-0.1, -0.05) is 33.1 Å².